The topological polar surface area (TPSA) is 49.4 Å². The molecule has 0 aliphatic carbocycles. The van der Waals surface area contributed by atoms with Crippen molar-refractivity contribution in [2.75, 3.05) is 31.1 Å². The minimum Gasteiger partial charge on any atom is -0.311 e. The van der Waals surface area contributed by atoms with Crippen LogP contribution in [0.4, 0.5) is 0 Å². The summed E-state index contributed by atoms with van der Waals surface area (Å²) in [5, 5.41) is 3.47. The molecule has 0 amide bonds. The summed E-state index contributed by atoms with van der Waals surface area (Å²) in [6.07, 6.45) is 3.55. The number of rotatable bonds is 5. The summed E-state index contributed by atoms with van der Waals surface area (Å²) in [6, 6.07) is 0.358. The van der Waals surface area contributed by atoms with Crippen molar-refractivity contribution in [1.29, 1.82) is 0 Å². The summed E-state index contributed by atoms with van der Waals surface area (Å²) in [7, 11) is -2.84. The van der Waals surface area contributed by atoms with Crippen molar-refractivity contribution in [2.45, 2.75) is 45.2 Å². The van der Waals surface area contributed by atoms with Crippen molar-refractivity contribution in [3.8, 4) is 0 Å². The highest BCUT2D eigenvalue weighted by molar-refractivity contribution is 7.91. The maximum Gasteiger partial charge on any atom is 0.153 e. The van der Waals surface area contributed by atoms with Crippen LogP contribution in [0.5, 0.6) is 0 Å². The molecule has 0 spiro atoms. The van der Waals surface area contributed by atoms with Gasteiger partial charge in [0.15, 0.2) is 9.84 Å². The Kier molecular flexibility index (Phi) is 4.67. The Balaban J connectivity index is 1.92. The van der Waals surface area contributed by atoms with Crippen LogP contribution in [0.15, 0.2) is 0 Å². The lowest BCUT2D eigenvalue weighted by molar-refractivity contribution is 0.225. The molecular weight excluding hydrogens is 248 g/mol. The van der Waals surface area contributed by atoms with Crippen LogP contribution in [-0.4, -0.2) is 56.5 Å². The zero-order valence-corrected chi connectivity index (χ0v) is 12.4. The van der Waals surface area contributed by atoms with E-state index in [1.54, 1.807) is 0 Å². The minimum atomic E-state index is -2.84. The van der Waals surface area contributed by atoms with Crippen molar-refractivity contribution in [3.63, 3.8) is 0 Å². The molecular formula is C13H26N2O2S. The highest BCUT2D eigenvalue weighted by Gasteiger charge is 2.41. The molecule has 0 aromatic rings. The van der Waals surface area contributed by atoms with Gasteiger partial charge in [0.05, 0.1) is 11.5 Å². The summed E-state index contributed by atoms with van der Waals surface area (Å²) >= 11 is 0. The average molecular weight is 274 g/mol. The molecule has 2 heterocycles. The zero-order valence-electron chi connectivity index (χ0n) is 11.6. The second-order valence-corrected chi connectivity index (χ2v) is 8.28. The lowest BCUT2D eigenvalue weighted by atomic mass is 10.1. The van der Waals surface area contributed by atoms with Crippen molar-refractivity contribution < 1.29 is 8.42 Å². The van der Waals surface area contributed by atoms with E-state index >= 15 is 0 Å². The molecule has 0 bridgehead atoms. The van der Waals surface area contributed by atoms with Gasteiger partial charge in [0.25, 0.3) is 0 Å². The first-order valence-corrected chi connectivity index (χ1v) is 8.98. The summed E-state index contributed by atoms with van der Waals surface area (Å²) in [4.78, 5) is 2.37. The lowest BCUT2D eigenvalue weighted by Crippen LogP contribution is -2.48. The molecule has 2 unspecified atom stereocenters. The predicted molar refractivity (Wildman–Crippen MR) is 74.5 cm³/mol. The molecule has 0 aromatic heterocycles. The van der Waals surface area contributed by atoms with Crippen LogP contribution in [0.2, 0.25) is 0 Å². The Hall–Kier alpha value is -0.130. The van der Waals surface area contributed by atoms with Crippen LogP contribution in [-0.2, 0) is 9.84 Å². The third-order valence-electron chi connectivity index (χ3n) is 4.06. The van der Waals surface area contributed by atoms with Crippen LogP contribution in [0.25, 0.3) is 0 Å². The summed E-state index contributed by atoms with van der Waals surface area (Å²) < 4.78 is 23.7. The molecule has 2 saturated heterocycles. The van der Waals surface area contributed by atoms with E-state index in [-0.39, 0.29) is 12.1 Å². The Bertz CT molecular complexity index is 361. The van der Waals surface area contributed by atoms with Crippen LogP contribution in [0.3, 0.4) is 0 Å². The van der Waals surface area contributed by atoms with Gasteiger partial charge in [0.2, 0.25) is 0 Å². The van der Waals surface area contributed by atoms with Gasteiger partial charge >= 0.3 is 0 Å². The molecule has 2 rings (SSSR count). The molecule has 5 heteroatoms. The molecule has 2 aliphatic rings. The van der Waals surface area contributed by atoms with E-state index in [9.17, 15) is 8.42 Å². The van der Waals surface area contributed by atoms with Gasteiger partial charge in [-0.15, -0.1) is 0 Å². The van der Waals surface area contributed by atoms with E-state index < -0.39 is 9.84 Å². The van der Waals surface area contributed by atoms with Crippen LogP contribution in [0, 0.1) is 5.92 Å². The molecule has 0 aromatic carbocycles. The van der Waals surface area contributed by atoms with E-state index in [4.69, 9.17) is 0 Å². The number of nitrogens with zero attached hydrogens (tertiary/aromatic N) is 1. The van der Waals surface area contributed by atoms with Crippen LogP contribution in [0.1, 0.15) is 33.1 Å². The molecule has 2 aliphatic heterocycles. The third-order valence-corrected chi connectivity index (χ3v) is 5.78. The third kappa shape index (κ3) is 3.68. The van der Waals surface area contributed by atoms with Crippen molar-refractivity contribution in [3.05, 3.63) is 0 Å². The zero-order chi connectivity index (χ0) is 13.2. The van der Waals surface area contributed by atoms with E-state index in [1.165, 1.54) is 12.8 Å². The Morgan fingerprint density at radius 3 is 2.50 bits per heavy atom. The standard InChI is InChI=1S/C13H26N2O2S/c1-11(2)5-6-14-12-9-18(16,17)10-13(12)15-7-3-4-8-15/h11-14H,3-10H2,1-2H3. The van der Waals surface area contributed by atoms with Crippen molar-refractivity contribution in [1.82, 2.24) is 10.2 Å². The smallest absolute Gasteiger partial charge is 0.153 e. The van der Waals surface area contributed by atoms with E-state index in [2.05, 4.69) is 24.1 Å². The summed E-state index contributed by atoms with van der Waals surface area (Å²) in [6.45, 7) is 7.48. The summed E-state index contributed by atoms with van der Waals surface area (Å²) in [5.41, 5.74) is 0. The molecule has 4 nitrogen and oxygen atoms in total. The van der Waals surface area contributed by atoms with Gasteiger partial charge in [-0.1, -0.05) is 13.8 Å². The number of sulfone groups is 1. The fourth-order valence-corrected chi connectivity index (χ4v) is 5.00. The van der Waals surface area contributed by atoms with E-state index in [0.717, 1.165) is 26.1 Å². The fourth-order valence-electron chi connectivity index (χ4n) is 3.01. The van der Waals surface area contributed by atoms with Gasteiger partial charge in [-0.05, 0) is 44.8 Å². The average Bonchev–Trinajstić information content (AvgIpc) is 2.84. The molecule has 18 heavy (non-hydrogen) atoms. The Morgan fingerprint density at radius 2 is 1.89 bits per heavy atom. The largest absolute Gasteiger partial charge is 0.311 e. The molecule has 106 valence electrons. The van der Waals surface area contributed by atoms with Gasteiger partial charge < -0.3 is 5.32 Å². The normalized spacial score (nSPS) is 32.4. The molecule has 0 radical (unpaired) electrons. The molecule has 1 N–H and O–H groups in total. The second-order valence-electron chi connectivity index (χ2n) is 6.13. The second kappa shape index (κ2) is 5.88. The maximum atomic E-state index is 11.8. The number of nitrogens with one attached hydrogen (secondary N) is 1. The Morgan fingerprint density at radius 1 is 1.22 bits per heavy atom. The van der Waals surface area contributed by atoms with Crippen LogP contribution < -0.4 is 5.32 Å². The van der Waals surface area contributed by atoms with E-state index in [0.29, 0.717) is 17.4 Å². The van der Waals surface area contributed by atoms with Gasteiger partial charge in [-0.2, -0.15) is 0 Å². The van der Waals surface area contributed by atoms with E-state index in [1.807, 2.05) is 0 Å². The number of hydrogen-bond donors (Lipinski definition) is 1. The maximum absolute atomic E-state index is 11.8. The van der Waals surface area contributed by atoms with Gasteiger partial charge in [0.1, 0.15) is 0 Å². The fraction of sp³-hybridized carbons (Fsp3) is 1.00. The van der Waals surface area contributed by atoms with Crippen molar-refractivity contribution >= 4 is 9.84 Å². The van der Waals surface area contributed by atoms with Gasteiger partial charge in [-0.25, -0.2) is 8.42 Å². The van der Waals surface area contributed by atoms with Crippen LogP contribution >= 0.6 is 0 Å². The first-order chi connectivity index (χ1) is 8.48. The highest BCUT2D eigenvalue weighted by atomic mass is 32.2. The molecule has 0 saturated carbocycles. The van der Waals surface area contributed by atoms with Gasteiger partial charge in [0, 0.05) is 12.1 Å². The highest BCUT2D eigenvalue weighted by Crippen LogP contribution is 2.22. The number of hydrogen-bond acceptors (Lipinski definition) is 4. The first-order valence-electron chi connectivity index (χ1n) is 7.16. The summed E-state index contributed by atoms with van der Waals surface area (Å²) in [5.74, 6) is 1.35. The molecule has 2 atom stereocenters. The first kappa shape index (κ1) is 14.3. The van der Waals surface area contributed by atoms with Gasteiger partial charge in [-0.3, -0.25) is 4.90 Å². The lowest BCUT2D eigenvalue weighted by Gasteiger charge is -2.28. The molecule has 2 fully saturated rings. The number of likely N-dealkylation sites (tertiary alicyclic amines) is 1. The predicted octanol–water partition coefficient (Wildman–Crippen LogP) is 0.884. The monoisotopic (exact) mass is 274 g/mol. The van der Waals surface area contributed by atoms with Crippen molar-refractivity contribution in [2.24, 2.45) is 5.92 Å². The quantitative estimate of drug-likeness (QED) is 0.809. The SMILES string of the molecule is CC(C)CCNC1CS(=O)(=O)CC1N1CCCC1. The Labute approximate surface area is 111 Å². The minimum absolute atomic E-state index is 0.145.